The molecule has 4 rings (SSSR count). The monoisotopic (exact) mass is 460 g/mol. The van der Waals surface area contributed by atoms with Crippen LogP contribution in [0.4, 0.5) is 0 Å². The van der Waals surface area contributed by atoms with E-state index < -0.39 is 42.3 Å². The molecule has 8 nitrogen and oxygen atoms in total. The van der Waals surface area contributed by atoms with Crippen molar-refractivity contribution in [1.82, 2.24) is 4.90 Å². The van der Waals surface area contributed by atoms with Crippen LogP contribution >= 0.6 is 0 Å². The van der Waals surface area contributed by atoms with Crippen molar-refractivity contribution in [3.05, 3.63) is 102 Å². The van der Waals surface area contributed by atoms with Gasteiger partial charge in [-0.1, -0.05) is 72.8 Å². The number of hydrogen-bond acceptors (Lipinski definition) is 7. The summed E-state index contributed by atoms with van der Waals surface area (Å²) >= 11 is 0. The van der Waals surface area contributed by atoms with Crippen LogP contribution in [-0.2, 0) is 23.9 Å². The van der Waals surface area contributed by atoms with Crippen molar-refractivity contribution in [2.24, 2.45) is 5.73 Å². The number of esters is 2. The number of amides is 1. The fraction of sp³-hybridized carbons (Fsp3) is 0.192. The van der Waals surface area contributed by atoms with Gasteiger partial charge in [-0.2, -0.15) is 0 Å². The maximum atomic E-state index is 13.6. The van der Waals surface area contributed by atoms with Gasteiger partial charge in [0.1, 0.15) is 11.8 Å². The number of β-lactam (4-membered cyclic amide) rings is 1. The van der Waals surface area contributed by atoms with Crippen molar-refractivity contribution in [1.29, 1.82) is 0 Å². The fourth-order valence-corrected chi connectivity index (χ4v) is 3.92. The van der Waals surface area contributed by atoms with Gasteiger partial charge in [-0.05, 0) is 28.8 Å². The maximum Gasteiger partial charge on any atom is 0.334 e. The predicted molar refractivity (Wildman–Crippen MR) is 122 cm³/mol. The summed E-state index contributed by atoms with van der Waals surface area (Å²) < 4.78 is 11.2. The van der Waals surface area contributed by atoms with E-state index in [2.05, 4.69) is 0 Å². The Kier molecular flexibility index (Phi) is 6.60. The van der Waals surface area contributed by atoms with E-state index in [4.69, 9.17) is 15.2 Å². The van der Waals surface area contributed by atoms with E-state index in [9.17, 15) is 19.5 Å². The number of benzene rings is 3. The van der Waals surface area contributed by atoms with Crippen molar-refractivity contribution in [3.8, 4) is 5.75 Å². The average molecular weight is 460 g/mol. The minimum atomic E-state index is -1.24. The number of carbonyl (C=O) groups is 3. The predicted octanol–water partition coefficient (Wildman–Crippen LogP) is 2.82. The SMILES string of the molecule is CC(=O)O[C@H]1[C@H](N)C(=O)N1C(C(=O)OC(c1ccccc1)c1ccccc1)c1ccc(O)cc1. The molecule has 1 amide bonds. The number of phenolic OH excluding ortho intramolecular Hbond substituents is 1. The Balaban J connectivity index is 1.72. The number of carbonyl (C=O) groups excluding carboxylic acids is 3. The zero-order valence-corrected chi connectivity index (χ0v) is 18.4. The summed E-state index contributed by atoms with van der Waals surface area (Å²) in [6, 6.07) is 21.9. The van der Waals surface area contributed by atoms with Crippen LogP contribution in [0.1, 0.15) is 35.8 Å². The minimum absolute atomic E-state index is 0.00881. The van der Waals surface area contributed by atoms with E-state index in [1.807, 2.05) is 60.7 Å². The van der Waals surface area contributed by atoms with Crippen molar-refractivity contribution in [2.75, 3.05) is 0 Å². The molecule has 1 heterocycles. The van der Waals surface area contributed by atoms with Crippen molar-refractivity contribution < 1.29 is 29.0 Å². The minimum Gasteiger partial charge on any atom is -0.508 e. The molecule has 0 bridgehead atoms. The highest BCUT2D eigenvalue weighted by Gasteiger charge is 2.53. The molecule has 3 aromatic rings. The third-order valence-electron chi connectivity index (χ3n) is 5.56. The van der Waals surface area contributed by atoms with E-state index in [1.54, 1.807) is 0 Å². The molecule has 1 aliphatic heterocycles. The highest BCUT2D eigenvalue weighted by Crippen LogP contribution is 2.36. The summed E-state index contributed by atoms with van der Waals surface area (Å²) in [5.41, 5.74) is 7.73. The number of aromatic hydroxyl groups is 1. The van der Waals surface area contributed by atoms with Gasteiger partial charge in [0.2, 0.25) is 12.1 Å². The van der Waals surface area contributed by atoms with Crippen molar-refractivity contribution in [2.45, 2.75) is 31.3 Å². The third kappa shape index (κ3) is 4.62. The molecule has 1 unspecified atom stereocenters. The van der Waals surface area contributed by atoms with E-state index in [1.165, 1.54) is 31.2 Å². The topological polar surface area (TPSA) is 119 Å². The molecule has 1 fully saturated rings. The lowest BCUT2D eigenvalue weighted by atomic mass is 9.96. The number of phenols is 1. The van der Waals surface area contributed by atoms with Crippen LogP contribution in [0.5, 0.6) is 5.75 Å². The molecule has 3 N–H and O–H groups in total. The van der Waals surface area contributed by atoms with Gasteiger partial charge in [-0.3, -0.25) is 14.5 Å². The summed E-state index contributed by atoms with van der Waals surface area (Å²) in [7, 11) is 0. The van der Waals surface area contributed by atoms with Gasteiger partial charge in [0.15, 0.2) is 12.1 Å². The molecule has 0 aromatic heterocycles. The molecule has 174 valence electrons. The summed E-state index contributed by atoms with van der Waals surface area (Å²) in [5, 5.41) is 9.71. The van der Waals surface area contributed by atoms with Crippen LogP contribution in [0.15, 0.2) is 84.9 Å². The second kappa shape index (κ2) is 9.76. The molecule has 0 spiro atoms. The van der Waals surface area contributed by atoms with Gasteiger partial charge in [0.05, 0.1) is 0 Å². The Bertz CT molecular complexity index is 1130. The lowest BCUT2D eigenvalue weighted by Crippen LogP contribution is -2.71. The highest BCUT2D eigenvalue weighted by atomic mass is 16.6. The number of likely N-dealkylation sites (tertiary alicyclic amines) is 1. The van der Waals surface area contributed by atoms with Crippen LogP contribution in [-0.4, -0.2) is 40.1 Å². The fourth-order valence-electron chi connectivity index (χ4n) is 3.92. The van der Waals surface area contributed by atoms with Crippen molar-refractivity contribution >= 4 is 17.8 Å². The van der Waals surface area contributed by atoms with Gasteiger partial charge in [-0.25, -0.2) is 4.79 Å². The summed E-state index contributed by atoms with van der Waals surface area (Å²) in [4.78, 5) is 39.1. The standard InChI is InChI=1S/C26H24N2O6/c1-16(29)33-25-21(27)24(31)28(25)22(17-12-14-20(30)15-13-17)26(32)34-23(18-8-4-2-5-9-18)19-10-6-3-7-11-19/h2-15,21-23,25,30H,27H2,1H3/t21-,22?,25+/m1/s1. The Hall–Kier alpha value is -4.17. The number of ether oxygens (including phenoxy) is 2. The molecule has 0 saturated carbocycles. The van der Waals surface area contributed by atoms with Gasteiger partial charge < -0.3 is 20.3 Å². The van der Waals surface area contributed by atoms with Gasteiger partial charge in [0.25, 0.3) is 0 Å². The largest absolute Gasteiger partial charge is 0.508 e. The van der Waals surface area contributed by atoms with E-state index in [0.717, 1.165) is 16.0 Å². The smallest absolute Gasteiger partial charge is 0.334 e. The molecule has 3 aromatic carbocycles. The molecule has 0 aliphatic carbocycles. The van der Waals surface area contributed by atoms with Crippen LogP contribution in [0, 0.1) is 0 Å². The summed E-state index contributed by atoms with van der Waals surface area (Å²) in [6.45, 7) is 1.20. The van der Waals surface area contributed by atoms with Crippen LogP contribution < -0.4 is 5.73 Å². The Morgan fingerprint density at radius 3 is 1.91 bits per heavy atom. The quantitative estimate of drug-likeness (QED) is 0.411. The summed E-state index contributed by atoms with van der Waals surface area (Å²) in [6.07, 6.45) is -1.87. The molecule has 1 aliphatic rings. The lowest BCUT2D eigenvalue weighted by molar-refractivity contribution is -0.199. The molecule has 3 atom stereocenters. The molecule has 34 heavy (non-hydrogen) atoms. The van der Waals surface area contributed by atoms with Crippen LogP contribution in [0.3, 0.4) is 0 Å². The first-order chi connectivity index (χ1) is 16.4. The van der Waals surface area contributed by atoms with E-state index in [0.29, 0.717) is 5.56 Å². The Morgan fingerprint density at radius 2 is 1.41 bits per heavy atom. The average Bonchev–Trinajstić information content (AvgIpc) is 2.86. The molecule has 0 radical (unpaired) electrons. The molecular weight excluding hydrogens is 436 g/mol. The number of rotatable bonds is 7. The van der Waals surface area contributed by atoms with Crippen LogP contribution in [0.25, 0.3) is 0 Å². The highest BCUT2D eigenvalue weighted by molar-refractivity contribution is 5.94. The number of nitrogens with zero attached hydrogens (tertiary/aromatic N) is 1. The molecular formula is C26H24N2O6. The number of hydrogen-bond donors (Lipinski definition) is 2. The third-order valence-corrected chi connectivity index (χ3v) is 5.56. The van der Waals surface area contributed by atoms with Crippen LogP contribution in [0.2, 0.25) is 0 Å². The zero-order valence-electron chi connectivity index (χ0n) is 18.4. The zero-order chi connectivity index (χ0) is 24.2. The first-order valence-corrected chi connectivity index (χ1v) is 10.7. The normalized spacial score (nSPS) is 18.2. The second-order valence-corrected chi connectivity index (χ2v) is 7.90. The first kappa shape index (κ1) is 23.0. The molecule has 8 heteroatoms. The summed E-state index contributed by atoms with van der Waals surface area (Å²) in [5.74, 6) is -1.94. The maximum absolute atomic E-state index is 13.6. The Morgan fingerprint density at radius 1 is 0.882 bits per heavy atom. The lowest BCUT2D eigenvalue weighted by Gasteiger charge is -2.47. The number of nitrogens with two attached hydrogens (primary N) is 1. The van der Waals surface area contributed by atoms with Crippen molar-refractivity contribution in [3.63, 3.8) is 0 Å². The first-order valence-electron chi connectivity index (χ1n) is 10.7. The van der Waals surface area contributed by atoms with E-state index >= 15 is 0 Å². The van der Waals surface area contributed by atoms with Gasteiger partial charge in [-0.15, -0.1) is 0 Å². The van der Waals surface area contributed by atoms with Gasteiger partial charge >= 0.3 is 11.9 Å². The van der Waals surface area contributed by atoms with E-state index in [-0.39, 0.29) is 5.75 Å². The second-order valence-electron chi connectivity index (χ2n) is 7.90. The Labute approximate surface area is 196 Å². The molecule has 1 saturated heterocycles. The van der Waals surface area contributed by atoms with Gasteiger partial charge in [0, 0.05) is 6.92 Å².